The molecule has 2 aliphatic heterocycles. The van der Waals surface area contributed by atoms with E-state index < -0.39 is 5.60 Å². The lowest BCUT2D eigenvalue weighted by Gasteiger charge is -2.31. The van der Waals surface area contributed by atoms with E-state index >= 15 is 0 Å². The Hall–Kier alpha value is -3.33. The molecular weight excluding hydrogens is 396 g/mol. The van der Waals surface area contributed by atoms with Crippen molar-refractivity contribution >= 4 is 40.1 Å². The summed E-state index contributed by atoms with van der Waals surface area (Å²) < 4.78 is 11.5. The minimum absolute atomic E-state index is 0.0575. The number of furan rings is 1. The predicted octanol–water partition coefficient (Wildman–Crippen LogP) is 3.25. The first-order valence-corrected chi connectivity index (χ1v) is 10.4. The molecule has 31 heavy (non-hydrogen) atoms. The first-order chi connectivity index (χ1) is 14.8. The van der Waals surface area contributed by atoms with Crippen molar-refractivity contribution in [3.05, 3.63) is 30.5 Å². The fourth-order valence-corrected chi connectivity index (χ4v) is 4.01. The highest BCUT2D eigenvalue weighted by Crippen LogP contribution is 2.38. The Kier molecular flexibility index (Phi) is 4.33. The van der Waals surface area contributed by atoms with Gasteiger partial charge in [-0.2, -0.15) is 4.98 Å². The minimum atomic E-state index is -0.903. The van der Waals surface area contributed by atoms with Crippen molar-refractivity contribution < 1.29 is 13.9 Å². The minimum Gasteiger partial charge on any atom is -0.476 e. The quantitative estimate of drug-likeness (QED) is 0.586. The Morgan fingerprint density at radius 1 is 1.26 bits per heavy atom. The van der Waals surface area contributed by atoms with Gasteiger partial charge in [0, 0.05) is 24.8 Å². The molecule has 2 aliphatic rings. The van der Waals surface area contributed by atoms with Gasteiger partial charge in [-0.05, 0) is 50.4 Å². The third-order valence-corrected chi connectivity index (χ3v) is 6.03. The standard InChI is InChI=1S/C22H26N6O3/c1-21(2)19(29)25-15-10-13(4-5-16(15)31-21)24-20-26-14-6-9-30-17(14)18(27-20)28-8-7-22(3,11-23)12-28/h4-6,9-10H,7-8,11-12,23H2,1-3H3,(H,25,29)(H,24,26,27). The lowest BCUT2D eigenvalue weighted by atomic mass is 9.90. The summed E-state index contributed by atoms with van der Waals surface area (Å²) >= 11 is 0. The molecular formula is C22H26N6O3. The maximum Gasteiger partial charge on any atom is 0.268 e. The molecule has 0 spiro atoms. The monoisotopic (exact) mass is 422 g/mol. The number of aromatic nitrogens is 2. The van der Waals surface area contributed by atoms with Crippen LogP contribution in [0.15, 0.2) is 34.9 Å². The Morgan fingerprint density at radius 2 is 2.10 bits per heavy atom. The van der Waals surface area contributed by atoms with Crippen molar-refractivity contribution in [2.24, 2.45) is 11.1 Å². The fraction of sp³-hybridized carbons (Fsp3) is 0.409. The van der Waals surface area contributed by atoms with E-state index in [9.17, 15) is 4.79 Å². The molecule has 1 atom stereocenters. The largest absolute Gasteiger partial charge is 0.476 e. The van der Waals surface area contributed by atoms with Crippen LogP contribution in [0, 0.1) is 5.41 Å². The van der Waals surface area contributed by atoms with Gasteiger partial charge in [0.05, 0.1) is 12.0 Å². The highest BCUT2D eigenvalue weighted by Gasteiger charge is 2.36. The van der Waals surface area contributed by atoms with E-state index in [1.807, 2.05) is 24.3 Å². The molecule has 1 amide bonds. The summed E-state index contributed by atoms with van der Waals surface area (Å²) in [5.41, 5.74) is 7.88. The molecule has 9 heteroatoms. The van der Waals surface area contributed by atoms with Crippen LogP contribution in [0.25, 0.3) is 11.1 Å². The average molecular weight is 422 g/mol. The van der Waals surface area contributed by atoms with E-state index in [0.717, 1.165) is 36.5 Å². The van der Waals surface area contributed by atoms with E-state index in [1.165, 1.54) is 0 Å². The second-order valence-electron chi connectivity index (χ2n) is 9.09. The summed E-state index contributed by atoms with van der Waals surface area (Å²) in [6.45, 7) is 7.96. The predicted molar refractivity (Wildman–Crippen MR) is 119 cm³/mol. The number of carbonyl (C=O) groups is 1. The topological polar surface area (TPSA) is 119 Å². The van der Waals surface area contributed by atoms with Gasteiger partial charge in [-0.25, -0.2) is 4.98 Å². The van der Waals surface area contributed by atoms with Crippen LogP contribution in [-0.4, -0.2) is 41.1 Å². The van der Waals surface area contributed by atoms with E-state index in [1.54, 1.807) is 20.1 Å². The second kappa shape index (κ2) is 6.84. The van der Waals surface area contributed by atoms with Gasteiger partial charge in [0.25, 0.3) is 5.91 Å². The molecule has 4 heterocycles. The number of ether oxygens (including phenoxy) is 1. The van der Waals surface area contributed by atoms with Crippen LogP contribution in [0.4, 0.5) is 23.1 Å². The van der Waals surface area contributed by atoms with Crippen molar-refractivity contribution in [2.45, 2.75) is 32.8 Å². The Bertz CT molecular complexity index is 1170. The second-order valence-corrected chi connectivity index (χ2v) is 9.09. The zero-order valence-corrected chi connectivity index (χ0v) is 17.9. The molecule has 1 unspecified atom stereocenters. The van der Waals surface area contributed by atoms with Crippen molar-refractivity contribution in [1.82, 2.24) is 9.97 Å². The van der Waals surface area contributed by atoms with Gasteiger partial charge in [-0.1, -0.05) is 6.92 Å². The van der Waals surface area contributed by atoms with E-state index in [-0.39, 0.29) is 11.3 Å². The smallest absolute Gasteiger partial charge is 0.268 e. The fourth-order valence-electron chi connectivity index (χ4n) is 4.01. The van der Waals surface area contributed by atoms with Crippen molar-refractivity contribution in [3.63, 3.8) is 0 Å². The maximum atomic E-state index is 12.2. The molecule has 9 nitrogen and oxygen atoms in total. The molecule has 5 rings (SSSR count). The SMILES string of the molecule is CC1(CN)CCN(c2nc(Nc3ccc4c(c3)NC(=O)C(C)(C)O4)nc3ccoc23)C1. The number of amides is 1. The number of nitrogens with two attached hydrogens (primary N) is 1. The summed E-state index contributed by atoms with van der Waals surface area (Å²) in [6, 6.07) is 7.33. The molecule has 0 saturated carbocycles. The summed E-state index contributed by atoms with van der Waals surface area (Å²) in [5.74, 6) is 1.65. The number of rotatable bonds is 4. The van der Waals surface area contributed by atoms with Crippen LogP contribution in [0.1, 0.15) is 27.2 Å². The van der Waals surface area contributed by atoms with Crippen LogP contribution in [0.3, 0.4) is 0 Å². The number of nitrogens with one attached hydrogen (secondary N) is 2. The summed E-state index contributed by atoms with van der Waals surface area (Å²) in [4.78, 5) is 23.8. The first kappa shape index (κ1) is 19.6. The number of hydrogen-bond donors (Lipinski definition) is 3. The van der Waals surface area contributed by atoms with Gasteiger partial charge in [-0.3, -0.25) is 4.79 Å². The zero-order chi connectivity index (χ0) is 21.8. The number of benzene rings is 1. The zero-order valence-electron chi connectivity index (χ0n) is 17.9. The summed E-state index contributed by atoms with van der Waals surface area (Å²) in [5, 5.41) is 6.14. The number of hydrogen-bond acceptors (Lipinski definition) is 8. The molecule has 3 aromatic rings. The molecule has 162 valence electrons. The van der Waals surface area contributed by atoms with Gasteiger partial charge in [-0.15, -0.1) is 0 Å². The lowest BCUT2D eigenvalue weighted by molar-refractivity contribution is -0.129. The third kappa shape index (κ3) is 3.44. The number of anilines is 4. The van der Waals surface area contributed by atoms with E-state index in [4.69, 9.17) is 19.9 Å². The van der Waals surface area contributed by atoms with Crippen LogP contribution in [-0.2, 0) is 4.79 Å². The van der Waals surface area contributed by atoms with E-state index in [2.05, 4.69) is 27.4 Å². The third-order valence-electron chi connectivity index (χ3n) is 6.03. The molecule has 1 saturated heterocycles. The van der Waals surface area contributed by atoms with Crippen LogP contribution in [0.5, 0.6) is 5.75 Å². The van der Waals surface area contributed by atoms with Gasteiger partial charge in [0.1, 0.15) is 11.3 Å². The highest BCUT2D eigenvalue weighted by molar-refractivity contribution is 6.00. The summed E-state index contributed by atoms with van der Waals surface area (Å²) in [7, 11) is 0. The first-order valence-electron chi connectivity index (χ1n) is 10.4. The molecule has 2 aromatic heterocycles. The van der Waals surface area contributed by atoms with Crippen molar-refractivity contribution in [1.29, 1.82) is 0 Å². The molecule has 0 radical (unpaired) electrons. The number of carbonyl (C=O) groups excluding carboxylic acids is 1. The van der Waals surface area contributed by atoms with Gasteiger partial charge in [0.2, 0.25) is 5.95 Å². The molecule has 0 aliphatic carbocycles. The van der Waals surface area contributed by atoms with Crippen molar-refractivity contribution in [3.8, 4) is 5.75 Å². The van der Waals surface area contributed by atoms with Gasteiger partial charge >= 0.3 is 0 Å². The van der Waals surface area contributed by atoms with Crippen LogP contribution in [0.2, 0.25) is 0 Å². The van der Waals surface area contributed by atoms with Gasteiger partial charge in [0.15, 0.2) is 17.0 Å². The lowest BCUT2D eigenvalue weighted by Crippen LogP contribution is -2.45. The highest BCUT2D eigenvalue weighted by atomic mass is 16.5. The molecule has 1 fully saturated rings. The Balaban J connectivity index is 1.46. The Labute approximate surface area is 180 Å². The average Bonchev–Trinajstić information content (AvgIpc) is 3.35. The molecule has 0 bridgehead atoms. The van der Waals surface area contributed by atoms with Crippen LogP contribution >= 0.6 is 0 Å². The van der Waals surface area contributed by atoms with E-state index in [0.29, 0.717) is 29.5 Å². The number of fused-ring (bicyclic) bond motifs is 2. The normalized spacial score (nSPS) is 22.2. The maximum absolute atomic E-state index is 12.2. The van der Waals surface area contributed by atoms with Crippen molar-refractivity contribution in [2.75, 3.05) is 35.2 Å². The Morgan fingerprint density at radius 3 is 2.87 bits per heavy atom. The number of nitrogens with zero attached hydrogens (tertiary/aromatic N) is 3. The molecule has 4 N–H and O–H groups in total. The summed E-state index contributed by atoms with van der Waals surface area (Å²) in [6.07, 6.45) is 2.62. The molecule has 1 aromatic carbocycles. The van der Waals surface area contributed by atoms with Crippen LogP contribution < -0.4 is 26.0 Å². The van der Waals surface area contributed by atoms with Gasteiger partial charge < -0.3 is 30.4 Å².